The van der Waals surface area contributed by atoms with Crippen LogP contribution in [0.2, 0.25) is 0 Å². The van der Waals surface area contributed by atoms with Gasteiger partial charge in [0.05, 0.1) is 17.1 Å². The van der Waals surface area contributed by atoms with Gasteiger partial charge in [0, 0.05) is 11.3 Å². The van der Waals surface area contributed by atoms with Crippen LogP contribution in [-0.4, -0.2) is 44.7 Å². The van der Waals surface area contributed by atoms with Crippen molar-refractivity contribution in [1.82, 2.24) is 3.71 Å². The summed E-state index contributed by atoms with van der Waals surface area (Å²) in [4.78, 5) is 12.9. The number of fused-ring (bicyclic) bond motifs is 3. The fourth-order valence-corrected chi connectivity index (χ4v) is 7.13. The number of hydrogen-bond acceptors (Lipinski definition) is 7. The van der Waals surface area contributed by atoms with Crippen molar-refractivity contribution in [3.8, 4) is 22.6 Å². The minimum absolute atomic E-state index is 0.0663. The summed E-state index contributed by atoms with van der Waals surface area (Å²) in [6.07, 6.45) is -0.729. The molecule has 3 aromatic rings. The maximum absolute atomic E-state index is 13.1. The van der Waals surface area contributed by atoms with Gasteiger partial charge in [0.2, 0.25) is 0 Å². The van der Waals surface area contributed by atoms with Crippen molar-refractivity contribution in [3.63, 3.8) is 0 Å². The molecule has 0 aliphatic carbocycles. The molecule has 0 saturated heterocycles. The number of nitrogens with zero attached hydrogens (tertiary/aromatic N) is 1. The van der Waals surface area contributed by atoms with Gasteiger partial charge in [-0.15, -0.1) is 3.71 Å². The Kier molecular flexibility index (Phi) is 7.61. The minimum atomic E-state index is -4.46. The molecule has 0 spiro atoms. The third kappa shape index (κ3) is 5.29. The van der Waals surface area contributed by atoms with Crippen molar-refractivity contribution >= 4 is 31.8 Å². The first kappa shape index (κ1) is 27.3. The van der Waals surface area contributed by atoms with Crippen LogP contribution < -0.4 is 14.8 Å². The molecule has 1 N–H and O–H groups in total. The molecule has 1 unspecified atom stereocenters. The van der Waals surface area contributed by atoms with Crippen molar-refractivity contribution in [3.05, 3.63) is 77.9 Å². The fraction of sp³-hybridized carbons (Fsp3) is 0.240. The van der Waals surface area contributed by atoms with E-state index in [0.717, 1.165) is 0 Å². The zero-order chi connectivity index (χ0) is 27.7. The molecule has 1 atom stereocenters. The number of ether oxygens (including phenoxy) is 2. The number of benzene rings is 3. The summed E-state index contributed by atoms with van der Waals surface area (Å²) in [7, 11) is -8.91. The van der Waals surface area contributed by atoms with Crippen LogP contribution in [0.4, 0.5) is 19.3 Å². The molecule has 9 nitrogen and oxygen atoms in total. The second kappa shape index (κ2) is 10.6. The number of anilines is 1. The number of sulfonamides is 2. The van der Waals surface area contributed by atoms with E-state index in [1.165, 1.54) is 44.2 Å². The summed E-state index contributed by atoms with van der Waals surface area (Å²) in [5, 5.41) is 2.34. The van der Waals surface area contributed by atoms with Gasteiger partial charge in [-0.05, 0) is 49.2 Å². The Morgan fingerprint density at radius 2 is 1.63 bits per heavy atom. The average Bonchev–Trinajstić information content (AvgIpc) is 2.88. The van der Waals surface area contributed by atoms with Crippen molar-refractivity contribution < 1.29 is 39.9 Å². The molecule has 0 radical (unpaired) electrons. The van der Waals surface area contributed by atoms with E-state index < -0.39 is 50.3 Å². The van der Waals surface area contributed by atoms with E-state index in [4.69, 9.17) is 9.47 Å². The van der Waals surface area contributed by atoms with Crippen molar-refractivity contribution in [2.45, 2.75) is 26.6 Å². The molecule has 38 heavy (non-hydrogen) atoms. The highest BCUT2D eigenvalue weighted by atomic mass is 32.3. The van der Waals surface area contributed by atoms with E-state index in [0.29, 0.717) is 22.4 Å². The maximum atomic E-state index is 13.1. The van der Waals surface area contributed by atoms with Crippen molar-refractivity contribution in [2.75, 3.05) is 16.8 Å². The van der Waals surface area contributed by atoms with Crippen LogP contribution in [0.25, 0.3) is 11.1 Å². The van der Waals surface area contributed by atoms with Crippen LogP contribution in [-0.2, 0) is 20.0 Å². The number of carbonyl (C=O) groups excluding carboxylic acids is 1. The Balaban J connectivity index is 1.82. The number of halogens is 2. The molecule has 4 rings (SSSR count). The summed E-state index contributed by atoms with van der Waals surface area (Å²) in [6.45, 7) is -0.641. The Morgan fingerprint density at radius 1 is 0.974 bits per heavy atom. The maximum Gasteiger partial charge on any atom is 0.387 e. The van der Waals surface area contributed by atoms with E-state index in [1.54, 1.807) is 30.3 Å². The SMILES string of the molecule is CCS(=O)(=O)N(C(=O)Nc1ccc2c(c1)C(c1ccccc1)Oc1cccc(OC(F)F)c1-2)S(=O)(=O)CC. The molecule has 1 aliphatic heterocycles. The molecule has 3 aromatic carbocycles. The molecular weight excluding hydrogens is 542 g/mol. The van der Waals surface area contributed by atoms with Crippen LogP contribution in [0.3, 0.4) is 0 Å². The van der Waals surface area contributed by atoms with Gasteiger partial charge in [-0.25, -0.2) is 21.6 Å². The van der Waals surface area contributed by atoms with Gasteiger partial charge in [0.25, 0.3) is 20.0 Å². The Morgan fingerprint density at radius 3 is 2.24 bits per heavy atom. The highest BCUT2D eigenvalue weighted by Gasteiger charge is 2.37. The number of carbonyl (C=O) groups is 1. The largest absolute Gasteiger partial charge is 0.480 e. The van der Waals surface area contributed by atoms with Gasteiger partial charge < -0.3 is 14.8 Å². The van der Waals surface area contributed by atoms with Crippen molar-refractivity contribution in [1.29, 1.82) is 0 Å². The summed E-state index contributed by atoms with van der Waals surface area (Å²) in [6, 6.07) is 16.5. The lowest BCUT2D eigenvalue weighted by Crippen LogP contribution is -2.45. The van der Waals surface area contributed by atoms with Crippen LogP contribution in [0, 0.1) is 0 Å². The molecule has 13 heteroatoms. The summed E-state index contributed by atoms with van der Waals surface area (Å²) in [5.41, 5.74) is 1.99. The van der Waals surface area contributed by atoms with Gasteiger partial charge in [0.15, 0.2) is 0 Å². The first-order chi connectivity index (χ1) is 18.0. The predicted octanol–water partition coefficient (Wildman–Crippen LogP) is 4.97. The summed E-state index contributed by atoms with van der Waals surface area (Å²) in [5.74, 6) is -1.04. The number of amides is 2. The topological polar surface area (TPSA) is 119 Å². The monoisotopic (exact) mass is 566 g/mol. The zero-order valence-corrected chi connectivity index (χ0v) is 21.9. The minimum Gasteiger partial charge on any atom is -0.480 e. The molecule has 2 amide bonds. The average molecular weight is 567 g/mol. The quantitative estimate of drug-likeness (QED) is 0.409. The molecule has 202 valence electrons. The van der Waals surface area contributed by atoms with Crippen LogP contribution in [0.1, 0.15) is 31.1 Å². The second-order valence-electron chi connectivity index (χ2n) is 8.15. The summed E-state index contributed by atoms with van der Waals surface area (Å²) < 4.78 is 86.8. The molecule has 0 bridgehead atoms. The number of nitrogens with one attached hydrogen (secondary N) is 1. The smallest absolute Gasteiger partial charge is 0.387 e. The standard InChI is InChI=1S/C25H24F2N2O7S2/c1-3-37(31,32)29(38(33,34)4-2)25(30)28-17-13-14-18-19(15-17)23(16-9-6-5-7-10-16)35-20-11-8-12-21(22(18)20)36-24(26)27/h5-15,23-24H,3-4H2,1-2H3,(H,28,30). The molecule has 0 fully saturated rings. The Bertz CT molecular complexity index is 1530. The van der Waals surface area contributed by atoms with Gasteiger partial charge in [0.1, 0.15) is 17.6 Å². The van der Waals surface area contributed by atoms with Crippen LogP contribution >= 0.6 is 0 Å². The third-order valence-corrected chi connectivity index (χ3v) is 9.97. The third-order valence-electron chi connectivity index (χ3n) is 5.81. The molecular formula is C25H24F2N2O7S2. The number of rotatable bonds is 8. The van der Waals surface area contributed by atoms with E-state index >= 15 is 0 Å². The lowest BCUT2D eigenvalue weighted by molar-refractivity contribution is -0.0496. The first-order valence-electron chi connectivity index (χ1n) is 11.5. The number of urea groups is 1. The normalized spacial score (nSPS) is 14.7. The highest BCUT2D eigenvalue weighted by Crippen LogP contribution is 2.49. The fourth-order valence-electron chi connectivity index (χ4n) is 4.05. The summed E-state index contributed by atoms with van der Waals surface area (Å²) >= 11 is 0. The van der Waals surface area contributed by atoms with Crippen molar-refractivity contribution in [2.24, 2.45) is 0 Å². The van der Waals surface area contributed by atoms with Gasteiger partial charge in [-0.3, -0.25) is 0 Å². The molecule has 1 aliphatic rings. The number of alkyl halides is 2. The highest BCUT2D eigenvalue weighted by molar-refractivity contribution is 8.04. The van der Waals surface area contributed by atoms with E-state index in [2.05, 4.69) is 5.32 Å². The van der Waals surface area contributed by atoms with E-state index in [9.17, 15) is 30.4 Å². The lowest BCUT2D eigenvalue weighted by Gasteiger charge is -2.31. The second-order valence-corrected chi connectivity index (χ2v) is 12.6. The Labute approximate surface area is 219 Å². The van der Waals surface area contributed by atoms with E-state index in [1.807, 2.05) is 6.07 Å². The van der Waals surface area contributed by atoms with Crippen LogP contribution in [0.15, 0.2) is 66.7 Å². The van der Waals surface area contributed by atoms with Gasteiger partial charge in [-0.2, -0.15) is 8.78 Å². The lowest BCUT2D eigenvalue weighted by atomic mass is 9.88. The predicted molar refractivity (Wildman–Crippen MR) is 137 cm³/mol. The van der Waals surface area contributed by atoms with E-state index in [-0.39, 0.29) is 20.7 Å². The van der Waals surface area contributed by atoms with Gasteiger partial charge >= 0.3 is 12.6 Å². The molecule has 0 saturated carbocycles. The van der Waals surface area contributed by atoms with Crippen LogP contribution in [0.5, 0.6) is 11.5 Å². The number of hydrogen-bond donors (Lipinski definition) is 1. The Hall–Kier alpha value is -3.71. The molecule has 1 heterocycles. The zero-order valence-electron chi connectivity index (χ0n) is 20.3. The first-order valence-corrected chi connectivity index (χ1v) is 14.7. The van der Waals surface area contributed by atoms with Gasteiger partial charge in [-0.1, -0.05) is 42.5 Å². The molecule has 0 aromatic heterocycles.